The molecule has 6 heteroatoms. The third-order valence-electron chi connectivity index (χ3n) is 4.32. The molecule has 0 radical (unpaired) electrons. The lowest BCUT2D eigenvalue weighted by Crippen LogP contribution is -2.24. The Balaban J connectivity index is 2.59. The van der Waals surface area contributed by atoms with E-state index in [4.69, 9.17) is 15.2 Å². The van der Waals surface area contributed by atoms with Crippen LogP contribution in [-0.4, -0.2) is 17.6 Å². The zero-order valence-corrected chi connectivity index (χ0v) is 16.3. The average molecular weight is 372 g/mol. The van der Waals surface area contributed by atoms with Crippen LogP contribution in [0.25, 0.3) is 10.9 Å². The van der Waals surface area contributed by atoms with Crippen LogP contribution in [0, 0.1) is 0 Å². The lowest BCUT2D eigenvalue weighted by atomic mass is 10.1. The number of carbonyl (C=O) groups excluding carboxylic acids is 1. The summed E-state index contributed by atoms with van der Waals surface area (Å²) in [6.45, 7) is 7.11. The molecule has 0 saturated heterocycles. The van der Waals surface area contributed by atoms with Crippen molar-refractivity contribution in [2.24, 2.45) is 0 Å². The van der Waals surface area contributed by atoms with Gasteiger partial charge in [0.05, 0.1) is 5.52 Å². The molecular weight excluding hydrogens is 344 g/mol. The van der Waals surface area contributed by atoms with E-state index in [1.807, 2.05) is 19.9 Å². The molecule has 1 aromatic carbocycles. The molecule has 1 aromatic heterocycles. The number of hydrogen-bond donors (Lipinski definition) is 1. The van der Waals surface area contributed by atoms with Crippen LogP contribution < -0.4 is 20.8 Å². The third kappa shape index (κ3) is 5.12. The van der Waals surface area contributed by atoms with Gasteiger partial charge in [-0.15, -0.1) is 0 Å². The van der Waals surface area contributed by atoms with Gasteiger partial charge in [0, 0.05) is 17.6 Å². The Bertz CT molecular complexity index is 880. The second kappa shape index (κ2) is 9.80. The molecular formula is C21H28N2O4. The predicted octanol–water partition coefficient (Wildman–Crippen LogP) is 4.04. The number of nitrogens with zero attached hydrogens (tertiary/aromatic N) is 1. The molecule has 2 N–H and O–H groups in total. The number of carbonyl (C=O) groups is 1. The van der Waals surface area contributed by atoms with E-state index >= 15 is 0 Å². The van der Waals surface area contributed by atoms with E-state index in [0.717, 1.165) is 31.3 Å². The molecule has 146 valence electrons. The van der Waals surface area contributed by atoms with E-state index in [0.29, 0.717) is 23.1 Å². The fourth-order valence-electron chi connectivity index (χ4n) is 2.92. The summed E-state index contributed by atoms with van der Waals surface area (Å²) in [5.41, 5.74) is 7.90. The second-order valence-corrected chi connectivity index (χ2v) is 6.76. The maximum Gasteiger partial charge on any atom is 0.298 e. The van der Waals surface area contributed by atoms with Crippen LogP contribution in [-0.2, 0) is 11.3 Å². The van der Waals surface area contributed by atoms with Gasteiger partial charge in [0.25, 0.3) is 12.0 Å². The molecule has 0 aliphatic heterocycles. The molecule has 0 atom stereocenters. The average Bonchev–Trinajstić information content (AvgIpc) is 2.63. The smallest absolute Gasteiger partial charge is 0.298 e. The maximum atomic E-state index is 13.0. The van der Waals surface area contributed by atoms with Crippen LogP contribution in [0.4, 0.5) is 5.69 Å². The number of nitrogens with two attached hydrogens (primary N) is 1. The Hall–Kier alpha value is -2.76. The van der Waals surface area contributed by atoms with Gasteiger partial charge in [0.15, 0.2) is 5.75 Å². The second-order valence-electron chi connectivity index (χ2n) is 6.76. The van der Waals surface area contributed by atoms with E-state index in [1.165, 1.54) is 0 Å². The van der Waals surface area contributed by atoms with Crippen molar-refractivity contribution < 1.29 is 14.3 Å². The molecule has 2 aromatic rings. The SMILES string of the molecule is CCCCCCn1c(=O)c(OC=O)c(OCC=C(C)C)c2ccc(N)cc21. The molecule has 0 bridgehead atoms. The number of rotatable bonds is 10. The Morgan fingerprint density at radius 3 is 2.63 bits per heavy atom. The lowest BCUT2D eigenvalue weighted by Gasteiger charge is -2.17. The molecule has 0 saturated carbocycles. The molecule has 0 aliphatic carbocycles. The van der Waals surface area contributed by atoms with E-state index in [2.05, 4.69) is 6.92 Å². The van der Waals surface area contributed by atoms with E-state index in [1.54, 1.807) is 22.8 Å². The van der Waals surface area contributed by atoms with Crippen LogP contribution >= 0.6 is 0 Å². The zero-order valence-electron chi connectivity index (χ0n) is 16.3. The van der Waals surface area contributed by atoms with Gasteiger partial charge in [-0.1, -0.05) is 31.8 Å². The summed E-state index contributed by atoms with van der Waals surface area (Å²) in [6.07, 6.45) is 5.99. The minimum atomic E-state index is -0.385. The van der Waals surface area contributed by atoms with Crippen molar-refractivity contribution in [3.8, 4) is 11.5 Å². The molecule has 0 spiro atoms. The quantitative estimate of drug-likeness (QED) is 0.294. The van der Waals surface area contributed by atoms with Gasteiger partial charge in [-0.3, -0.25) is 9.59 Å². The van der Waals surface area contributed by atoms with Crippen LogP contribution in [0.15, 0.2) is 34.6 Å². The Morgan fingerprint density at radius 2 is 1.96 bits per heavy atom. The van der Waals surface area contributed by atoms with Gasteiger partial charge in [0.2, 0.25) is 5.75 Å². The van der Waals surface area contributed by atoms with Crippen LogP contribution in [0.2, 0.25) is 0 Å². The molecule has 2 rings (SSSR count). The Kier molecular flexibility index (Phi) is 7.46. The number of pyridine rings is 1. The van der Waals surface area contributed by atoms with E-state index in [9.17, 15) is 9.59 Å². The first-order chi connectivity index (χ1) is 13.0. The summed E-state index contributed by atoms with van der Waals surface area (Å²) in [4.78, 5) is 24.0. The van der Waals surface area contributed by atoms with Gasteiger partial charge in [-0.2, -0.15) is 0 Å². The van der Waals surface area contributed by atoms with Gasteiger partial charge in [-0.05, 0) is 44.5 Å². The summed E-state index contributed by atoms with van der Waals surface area (Å²) < 4.78 is 12.5. The topological polar surface area (TPSA) is 83.5 Å². The first-order valence-corrected chi connectivity index (χ1v) is 9.32. The predicted molar refractivity (Wildman–Crippen MR) is 108 cm³/mol. The fourth-order valence-corrected chi connectivity index (χ4v) is 2.92. The van der Waals surface area contributed by atoms with Gasteiger partial charge in [0.1, 0.15) is 6.61 Å². The van der Waals surface area contributed by atoms with Crippen LogP contribution in [0.3, 0.4) is 0 Å². The zero-order chi connectivity index (χ0) is 19.8. The molecule has 0 amide bonds. The number of allylic oxidation sites excluding steroid dienone is 1. The molecule has 27 heavy (non-hydrogen) atoms. The number of hydrogen-bond acceptors (Lipinski definition) is 5. The molecule has 0 unspecified atom stereocenters. The summed E-state index contributed by atoms with van der Waals surface area (Å²) in [5, 5.41) is 0.693. The Labute approximate surface area is 159 Å². The van der Waals surface area contributed by atoms with Crippen molar-refractivity contribution in [3.05, 3.63) is 40.2 Å². The highest BCUT2D eigenvalue weighted by atomic mass is 16.5. The summed E-state index contributed by atoms with van der Waals surface area (Å²) >= 11 is 0. The summed E-state index contributed by atoms with van der Waals surface area (Å²) in [5.74, 6) is 0.185. The minimum absolute atomic E-state index is 0.0834. The van der Waals surface area contributed by atoms with Crippen molar-refractivity contribution in [2.45, 2.75) is 53.0 Å². The first-order valence-electron chi connectivity index (χ1n) is 9.32. The fraction of sp³-hybridized carbons (Fsp3) is 0.429. The number of benzene rings is 1. The highest BCUT2D eigenvalue weighted by Gasteiger charge is 2.20. The highest BCUT2D eigenvalue weighted by molar-refractivity contribution is 5.90. The van der Waals surface area contributed by atoms with Crippen molar-refractivity contribution in [2.75, 3.05) is 12.3 Å². The van der Waals surface area contributed by atoms with E-state index in [-0.39, 0.29) is 30.1 Å². The largest absolute Gasteiger partial charge is 0.485 e. The lowest BCUT2D eigenvalue weighted by molar-refractivity contribution is -0.120. The van der Waals surface area contributed by atoms with Crippen molar-refractivity contribution in [1.29, 1.82) is 0 Å². The third-order valence-corrected chi connectivity index (χ3v) is 4.32. The van der Waals surface area contributed by atoms with Crippen LogP contribution in [0.1, 0.15) is 46.5 Å². The number of aromatic nitrogens is 1. The number of nitrogen functional groups attached to an aromatic ring is 1. The normalized spacial score (nSPS) is 10.6. The number of fused-ring (bicyclic) bond motifs is 1. The number of aryl methyl sites for hydroxylation is 1. The molecule has 1 heterocycles. The maximum absolute atomic E-state index is 13.0. The number of unbranched alkanes of at least 4 members (excludes halogenated alkanes) is 3. The number of ether oxygens (including phenoxy) is 2. The monoisotopic (exact) mass is 372 g/mol. The summed E-state index contributed by atoms with van der Waals surface area (Å²) in [7, 11) is 0. The Morgan fingerprint density at radius 1 is 1.19 bits per heavy atom. The van der Waals surface area contributed by atoms with Crippen molar-refractivity contribution in [3.63, 3.8) is 0 Å². The van der Waals surface area contributed by atoms with Crippen molar-refractivity contribution >= 4 is 23.1 Å². The number of anilines is 1. The van der Waals surface area contributed by atoms with Gasteiger partial charge in [-0.25, -0.2) is 0 Å². The molecule has 0 aliphatic rings. The van der Waals surface area contributed by atoms with E-state index < -0.39 is 0 Å². The standard InChI is InChI=1S/C21H28N2O4/c1-4-5-6-7-11-23-18-13-16(22)8-9-17(18)19(26-12-10-15(2)3)20(21(23)25)27-14-24/h8-10,13-14H,4-7,11-12,22H2,1-3H3. The van der Waals surface area contributed by atoms with Gasteiger partial charge >= 0.3 is 0 Å². The molecule has 0 fully saturated rings. The van der Waals surface area contributed by atoms with Gasteiger partial charge < -0.3 is 19.8 Å². The first kappa shape index (κ1) is 20.6. The van der Waals surface area contributed by atoms with Crippen molar-refractivity contribution in [1.82, 2.24) is 4.57 Å². The minimum Gasteiger partial charge on any atom is -0.485 e. The van der Waals surface area contributed by atoms with Crippen LogP contribution in [0.5, 0.6) is 11.5 Å². The summed E-state index contributed by atoms with van der Waals surface area (Å²) in [6, 6.07) is 5.30. The highest BCUT2D eigenvalue weighted by Crippen LogP contribution is 2.34. The molecule has 6 nitrogen and oxygen atoms in total.